The summed E-state index contributed by atoms with van der Waals surface area (Å²) < 4.78 is 47.5. The maximum atomic E-state index is 11.1. The Kier molecular flexibility index (Phi) is 28.9. The van der Waals surface area contributed by atoms with Crippen LogP contribution in [0.1, 0.15) is 50.0 Å². The molecule has 26 nitrogen and oxygen atoms in total. The minimum Gasteiger partial charge on any atom is -0.491 e. The minimum atomic E-state index is -1.23. The largest absolute Gasteiger partial charge is 0.491 e. The number of ether oxygens (including phenoxy) is 8. The first-order chi connectivity index (χ1) is 43.5. The van der Waals surface area contributed by atoms with Crippen LogP contribution < -0.4 is 16.8 Å². The Labute approximate surface area is 561 Å². The zero-order valence-corrected chi connectivity index (χ0v) is 61.9. The van der Waals surface area contributed by atoms with Gasteiger partial charge in [-0.2, -0.15) is 0 Å². The van der Waals surface area contributed by atoms with Crippen LogP contribution in [0.15, 0.2) is 94.6 Å². The first kappa shape index (κ1) is 80.2. The highest BCUT2D eigenvalue weighted by Gasteiger charge is 2.50. The third kappa shape index (κ3) is 22.0. The number of aromatic nitrogens is 2. The Morgan fingerprint density at radius 3 is 1.36 bits per heavy atom. The summed E-state index contributed by atoms with van der Waals surface area (Å²) in [6, 6.07) is 0. The maximum Gasteiger partial charge on any atom is 0.222 e. The molecular formula is C63H107N11O15P4S. The highest BCUT2D eigenvalue weighted by molar-refractivity contribution is 7.73. The zero-order valence-electron chi connectivity index (χ0n) is 57.5. The lowest BCUT2D eigenvalue weighted by Crippen LogP contribution is -2.43. The van der Waals surface area contributed by atoms with Crippen LogP contribution in [-0.2, 0) is 49.7 Å². The molecule has 0 bridgehead atoms. The molecule has 1 aromatic heterocycles. The van der Waals surface area contributed by atoms with Gasteiger partial charge in [-0.1, -0.05) is 19.7 Å². The molecule has 0 aromatic carbocycles. The van der Waals surface area contributed by atoms with E-state index in [0.29, 0.717) is 52.4 Å². The first-order valence-electron chi connectivity index (χ1n) is 30.7. The van der Waals surface area contributed by atoms with E-state index in [1.807, 2.05) is 20.2 Å². The molecule has 4 unspecified atom stereocenters. The lowest BCUT2D eigenvalue weighted by molar-refractivity contribution is -0.117. The highest BCUT2D eigenvalue weighted by Crippen LogP contribution is 2.44. The van der Waals surface area contributed by atoms with Crippen molar-refractivity contribution in [3.63, 3.8) is 0 Å². The van der Waals surface area contributed by atoms with Crippen LogP contribution in [0.4, 0.5) is 0 Å². The van der Waals surface area contributed by atoms with E-state index in [-0.39, 0.29) is 35.9 Å². The molecule has 0 saturated carbocycles. The number of carbonyl (C=O) groups is 1. The van der Waals surface area contributed by atoms with Crippen molar-refractivity contribution in [3.8, 4) is 0 Å². The number of nitrogens with one attached hydrogen (secondary N) is 1. The summed E-state index contributed by atoms with van der Waals surface area (Å²) in [5, 5.41) is 65.0. The molecule has 1 aromatic rings. The van der Waals surface area contributed by atoms with Gasteiger partial charge in [0.2, 0.25) is 5.91 Å². The van der Waals surface area contributed by atoms with E-state index in [4.69, 9.17) is 61.6 Å². The quantitative estimate of drug-likeness (QED) is 0.0663. The fourth-order valence-electron chi connectivity index (χ4n) is 10.9. The number of methoxy groups -OCH3 is 4. The van der Waals surface area contributed by atoms with Gasteiger partial charge in [0, 0.05) is 51.8 Å². The number of carbonyl (C=O) groups excluding carboxylic acids is 1. The van der Waals surface area contributed by atoms with E-state index in [0.717, 1.165) is 48.7 Å². The number of nitrogens with two attached hydrogens (primary N) is 2. The summed E-state index contributed by atoms with van der Waals surface area (Å²) in [6.45, 7) is 27.3. The van der Waals surface area contributed by atoms with E-state index in [1.165, 1.54) is 26.0 Å². The molecule has 0 radical (unpaired) electrons. The standard InChI is InChI=1S/C17H28N3O4P.C16H28N3O4P.C15H26N3O4P.C15H25N2O3PS/c1-11-18-14(19-12(2)21)7-9-20(11)17-16(23-3)15(22)13(24-17)8-10-25(4,5)6;1-10-18-15(17)12(21-2)9-19(10)16-14(22-3)13(20)11(23-16)7-8-24(4,5)6;1-9-17-14(16)11(21-2)8-18(9)15-13(20)12(19)10(22-15)6-7-23(3,4)5;1-9-10(8-17(2)15(22)16-9)14-13(19)12(18)11(20-14)6-7-21(3,4)5/h7,9,13,15-17,22H,1,4,8,10H2,2-3,5-6H3,(H,18,19,21);9,11,13-14,16,20H,1,4,7-8H2,2-3,5-6H3,(H2,17,18);8,10,12-13,15,19-20H,1,3,6-7H2,2,4-5H3,(H2,16,17);8,11-14,18-19H,3,6-7H2,1-2,4-5H3/t13-,15-,16-,17?;11-,13-,14-,16?;10-,12-,13-,15?;11-,12-,13-,14?/m1111/s1. The molecule has 8 rings (SSSR count). The van der Waals surface area contributed by atoms with Crippen LogP contribution in [-0.4, -0.2) is 302 Å². The van der Waals surface area contributed by atoms with E-state index >= 15 is 0 Å². The van der Waals surface area contributed by atoms with Crippen molar-refractivity contribution in [3.05, 3.63) is 95.6 Å². The monoisotopic (exact) mass is 1410 g/mol. The topological polar surface area (TPSA) is 341 Å². The normalized spacial score (nSPS) is 30.4. The van der Waals surface area contributed by atoms with Crippen LogP contribution >= 0.6 is 39.8 Å². The predicted molar refractivity (Wildman–Crippen MR) is 388 cm³/mol. The smallest absolute Gasteiger partial charge is 0.222 e. The average Bonchev–Trinajstić information content (AvgIpc) is 1.66. The van der Waals surface area contributed by atoms with Gasteiger partial charge in [-0.3, -0.25) is 4.79 Å². The summed E-state index contributed by atoms with van der Waals surface area (Å²) >= 11 is 5.13. The van der Waals surface area contributed by atoms with E-state index < -0.39 is 107 Å². The molecule has 31 heteroatoms. The van der Waals surface area contributed by atoms with Gasteiger partial charge in [-0.05, 0) is 129 Å². The molecule has 94 heavy (non-hydrogen) atoms. The van der Waals surface area contributed by atoms with Crippen LogP contribution in [0, 0.1) is 11.7 Å². The van der Waals surface area contributed by atoms with Crippen LogP contribution in [0.5, 0.6) is 0 Å². The molecule has 4 fully saturated rings. The van der Waals surface area contributed by atoms with Crippen molar-refractivity contribution in [2.24, 2.45) is 33.5 Å². The second kappa shape index (κ2) is 33.9. The van der Waals surface area contributed by atoms with Crippen molar-refractivity contribution in [1.29, 1.82) is 0 Å². The average molecular weight is 1410 g/mol. The number of nitrogens with zero attached hydrogens (tertiary/aromatic N) is 8. The van der Waals surface area contributed by atoms with Crippen molar-refractivity contribution < 1.29 is 73.3 Å². The number of rotatable bonds is 20. The highest BCUT2D eigenvalue weighted by atomic mass is 32.1. The lowest BCUT2D eigenvalue weighted by Gasteiger charge is -2.32. The maximum absolute atomic E-state index is 11.1. The van der Waals surface area contributed by atoms with Crippen molar-refractivity contribution in [2.45, 2.75) is 138 Å². The number of amidine groups is 3. The zero-order chi connectivity index (χ0) is 70.9. The van der Waals surface area contributed by atoms with Gasteiger partial charge in [0.1, 0.15) is 78.2 Å². The van der Waals surface area contributed by atoms with Gasteiger partial charge in [0.15, 0.2) is 46.6 Å². The van der Waals surface area contributed by atoms with E-state index in [2.05, 4.69) is 124 Å². The fourth-order valence-corrected chi connectivity index (χ4v) is 14.9. The molecule has 16 atom stereocenters. The minimum absolute atomic E-state index is 0.203. The lowest BCUT2D eigenvalue weighted by atomic mass is 10.0. The van der Waals surface area contributed by atoms with Crippen LogP contribution in [0.25, 0.3) is 0 Å². The number of aliphatic hydroxyl groups excluding tert-OH is 6. The Hall–Kier alpha value is -4.46. The second-order valence-corrected chi connectivity index (χ2v) is 44.6. The number of hydrogen-bond acceptors (Lipinski definition) is 25. The summed E-state index contributed by atoms with van der Waals surface area (Å²) in [7, 11) is 7.90. The van der Waals surface area contributed by atoms with Crippen molar-refractivity contribution in [2.75, 3.05) is 106 Å². The third-order valence-electron chi connectivity index (χ3n) is 16.2. The van der Waals surface area contributed by atoms with Crippen molar-refractivity contribution >= 4 is 88.4 Å². The molecular weight excluding hydrogens is 1310 g/mol. The van der Waals surface area contributed by atoms with E-state index in [1.54, 1.807) is 53.3 Å². The molecule has 8 heterocycles. The van der Waals surface area contributed by atoms with Crippen LogP contribution in [0.3, 0.4) is 0 Å². The number of amides is 1. The van der Waals surface area contributed by atoms with Gasteiger partial charge in [-0.15, -0.1) is 52.7 Å². The first-order valence-corrected chi connectivity index (χ1v) is 43.3. The Bertz CT molecular complexity index is 3340. The SMILES string of the molecule is C=C1N=C(N)C(OC)=CN1C1O[C@H](CCP(=C)(C)C)[C@@H](O)[C@H]1O.C=C1N=C(N)C(OC)=CN1C1O[C@H](CCP(=C)(C)C)[C@@H](O)[C@H]1OC.C=C1N=C(NC(C)=O)C=CN1C1O[C@H](CCP(=C)(C)C)[C@@H](O)[C@H]1OC.C=P(C)(C)CC[C@H]1OC(c2cn(C)c(=S)nc2C)[C@H](O)[C@@H]1O. The number of aryl methyl sites for hydroxylation is 2. The van der Waals surface area contributed by atoms with Gasteiger partial charge in [-0.25, -0.2) is 20.0 Å². The van der Waals surface area contributed by atoms with E-state index in [9.17, 15) is 35.4 Å². The third-order valence-corrected chi connectivity index (χ3v) is 22.4. The Morgan fingerprint density at radius 2 is 0.968 bits per heavy atom. The molecule has 7 aliphatic heterocycles. The summed E-state index contributed by atoms with van der Waals surface area (Å²) in [6.07, 6.45) is 21.4. The Morgan fingerprint density at radius 1 is 0.596 bits per heavy atom. The fraction of sp³-hybridized carbons (Fsp3) is 0.619. The Balaban J connectivity index is 0.000000227. The van der Waals surface area contributed by atoms with Gasteiger partial charge in [0.05, 0.1) is 51.0 Å². The molecule has 7 aliphatic rings. The number of hydrogen-bond donors (Lipinski definition) is 9. The number of aliphatic hydroxyl groups is 6. The molecule has 0 spiro atoms. The summed E-state index contributed by atoms with van der Waals surface area (Å²) in [4.78, 5) is 32.9. The number of aliphatic imine (C=N–C) groups is 3. The second-order valence-electron chi connectivity index (χ2n) is 27.0. The summed E-state index contributed by atoms with van der Waals surface area (Å²) in [5.41, 5.74) is 13.0. The predicted octanol–water partition coefficient (Wildman–Crippen LogP) is 3.72. The van der Waals surface area contributed by atoms with Crippen LogP contribution in [0.2, 0.25) is 0 Å². The van der Waals surface area contributed by atoms with Gasteiger partial charge >= 0.3 is 0 Å². The molecule has 0 aliphatic carbocycles. The molecule has 530 valence electrons. The molecule has 11 N–H and O–H groups in total. The summed E-state index contributed by atoms with van der Waals surface area (Å²) in [5.74, 6) is 2.61. The molecule has 4 saturated heterocycles. The van der Waals surface area contributed by atoms with Gasteiger partial charge < -0.3 is 105 Å². The van der Waals surface area contributed by atoms with Crippen molar-refractivity contribution in [1.82, 2.24) is 29.6 Å². The molecule has 1 amide bonds. The van der Waals surface area contributed by atoms with Gasteiger partial charge in [0.25, 0.3) is 0 Å².